The number of hydrogen-bond donors (Lipinski definition) is 2. The summed E-state index contributed by atoms with van der Waals surface area (Å²) in [5.74, 6) is 0.133. The fraction of sp³-hybridized carbons (Fsp3) is 0.0435. The average molecular weight is 422 g/mol. The third kappa shape index (κ3) is 4.09. The largest absolute Gasteiger partial charge is 0.506 e. The first-order valence-electron chi connectivity index (χ1n) is 9.01. The monoisotopic (exact) mass is 421 g/mol. The van der Waals surface area contributed by atoms with E-state index in [4.69, 9.17) is 0 Å². The highest BCUT2D eigenvalue weighted by atomic mass is 32.2. The van der Waals surface area contributed by atoms with Crippen molar-refractivity contribution in [3.05, 3.63) is 90.5 Å². The summed E-state index contributed by atoms with van der Waals surface area (Å²) in [5.41, 5.74) is 1.57. The number of fused-ring (bicyclic) bond motifs is 1. The van der Waals surface area contributed by atoms with Crippen molar-refractivity contribution in [3.8, 4) is 5.75 Å². The molecule has 0 fully saturated rings. The Morgan fingerprint density at radius 1 is 0.828 bits per heavy atom. The normalized spacial score (nSPS) is 11.5. The number of aryl methyl sites for hydroxylation is 1. The molecule has 6 heteroatoms. The van der Waals surface area contributed by atoms with Crippen molar-refractivity contribution in [1.29, 1.82) is 0 Å². The first-order chi connectivity index (χ1) is 13.9. The fourth-order valence-corrected chi connectivity index (χ4v) is 5.03. The molecule has 0 aliphatic heterocycles. The van der Waals surface area contributed by atoms with Crippen molar-refractivity contribution in [1.82, 2.24) is 0 Å². The number of aromatic hydroxyl groups is 1. The van der Waals surface area contributed by atoms with Gasteiger partial charge >= 0.3 is 0 Å². The van der Waals surface area contributed by atoms with Crippen LogP contribution >= 0.6 is 11.8 Å². The van der Waals surface area contributed by atoms with E-state index in [9.17, 15) is 13.5 Å². The molecule has 0 saturated carbocycles. The number of sulfonamides is 1. The lowest BCUT2D eigenvalue weighted by Crippen LogP contribution is -2.13. The van der Waals surface area contributed by atoms with Crippen LogP contribution in [0.4, 0.5) is 5.69 Å². The molecule has 0 atom stereocenters. The lowest BCUT2D eigenvalue weighted by molar-refractivity contribution is 0.469. The Kier molecular flexibility index (Phi) is 5.22. The van der Waals surface area contributed by atoms with Gasteiger partial charge in [0.05, 0.1) is 15.5 Å². The lowest BCUT2D eigenvalue weighted by Gasteiger charge is -2.15. The Morgan fingerprint density at radius 2 is 1.45 bits per heavy atom. The minimum absolute atomic E-state index is 0.133. The van der Waals surface area contributed by atoms with Gasteiger partial charge in [-0.05, 0) is 37.3 Å². The Morgan fingerprint density at radius 3 is 2.14 bits per heavy atom. The second-order valence-electron chi connectivity index (χ2n) is 6.65. The molecule has 0 saturated heterocycles. The number of benzene rings is 4. The van der Waals surface area contributed by atoms with Crippen LogP contribution in [-0.4, -0.2) is 13.5 Å². The second-order valence-corrected chi connectivity index (χ2v) is 9.45. The van der Waals surface area contributed by atoms with Gasteiger partial charge in [0.2, 0.25) is 0 Å². The highest BCUT2D eigenvalue weighted by Gasteiger charge is 2.18. The lowest BCUT2D eigenvalue weighted by atomic mass is 10.1. The molecule has 0 aromatic heterocycles. The smallest absolute Gasteiger partial charge is 0.261 e. The van der Waals surface area contributed by atoms with Crippen molar-refractivity contribution < 1.29 is 13.5 Å². The molecule has 0 bridgehead atoms. The topological polar surface area (TPSA) is 66.4 Å². The van der Waals surface area contributed by atoms with Gasteiger partial charge in [-0.2, -0.15) is 0 Å². The van der Waals surface area contributed by atoms with Crippen LogP contribution in [0.2, 0.25) is 0 Å². The van der Waals surface area contributed by atoms with Gasteiger partial charge < -0.3 is 5.11 Å². The zero-order chi connectivity index (χ0) is 20.4. The zero-order valence-corrected chi connectivity index (χ0v) is 17.3. The van der Waals surface area contributed by atoms with E-state index in [1.54, 1.807) is 48.5 Å². The molecule has 4 aromatic rings. The molecule has 0 heterocycles. The van der Waals surface area contributed by atoms with Gasteiger partial charge in [0.15, 0.2) is 0 Å². The van der Waals surface area contributed by atoms with Crippen molar-refractivity contribution in [2.24, 2.45) is 0 Å². The van der Waals surface area contributed by atoms with Gasteiger partial charge in [-0.3, -0.25) is 4.72 Å². The summed E-state index contributed by atoms with van der Waals surface area (Å²) < 4.78 is 28.4. The number of hydrogen-bond acceptors (Lipinski definition) is 4. The van der Waals surface area contributed by atoms with Gasteiger partial charge in [0, 0.05) is 15.7 Å². The summed E-state index contributed by atoms with van der Waals surface area (Å²) in [7, 11) is -3.75. The quantitative estimate of drug-likeness (QED) is 0.399. The predicted octanol–water partition coefficient (Wildman–Crippen LogP) is 5.81. The van der Waals surface area contributed by atoms with E-state index in [2.05, 4.69) is 4.72 Å². The number of nitrogens with one attached hydrogen (secondary N) is 1. The molecule has 4 nitrogen and oxygen atoms in total. The van der Waals surface area contributed by atoms with E-state index in [1.165, 1.54) is 11.8 Å². The van der Waals surface area contributed by atoms with Crippen LogP contribution in [0.1, 0.15) is 5.56 Å². The first-order valence-corrected chi connectivity index (χ1v) is 11.3. The molecule has 2 N–H and O–H groups in total. The second kappa shape index (κ2) is 7.81. The molecule has 0 spiro atoms. The molecular formula is C23H19NO3S2. The first kappa shape index (κ1) is 19.4. The summed E-state index contributed by atoms with van der Waals surface area (Å²) >= 11 is 1.39. The summed E-state index contributed by atoms with van der Waals surface area (Å²) in [4.78, 5) is 1.72. The number of rotatable bonds is 5. The van der Waals surface area contributed by atoms with Crippen LogP contribution in [0.25, 0.3) is 10.8 Å². The molecule has 146 valence electrons. The van der Waals surface area contributed by atoms with E-state index >= 15 is 0 Å². The Bertz CT molecular complexity index is 1270. The molecule has 0 radical (unpaired) electrons. The van der Waals surface area contributed by atoms with Gasteiger partial charge in [-0.1, -0.05) is 71.9 Å². The molecule has 0 aliphatic rings. The van der Waals surface area contributed by atoms with Crippen molar-refractivity contribution in [2.75, 3.05) is 4.72 Å². The van der Waals surface area contributed by atoms with Crippen LogP contribution in [-0.2, 0) is 10.0 Å². The predicted molar refractivity (Wildman–Crippen MR) is 118 cm³/mol. The third-order valence-corrected chi connectivity index (χ3v) is 6.95. The van der Waals surface area contributed by atoms with Crippen LogP contribution in [0, 0.1) is 6.92 Å². The summed E-state index contributed by atoms with van der Waals surface area (Å²) in [6.07, 6.45) is 0. The molecule has 0 unspecified atom stereocenters. The van der Waals surface area contributed by atoms with Gasteiger partial charge in [-0.15, -0.1) is 0 Å². The minimum atomic E-state index is -3.75. The maximum absolute atomic E-state index is 12.9. The third-order valence-electron chi connectivity index (χ3n) is 4.53. The van der Waals surface area contributed by atoms with E-state index in [-0.39, 0.29) is 10.6 Å². The summed E-state index contributed by atoms with van der Waals surface area (Å²) in [6, 6.07) is 25.1. The van der Waals surface area contributed by atoms with E-state index < -0.39 is 10.0 Å². The van der Waals surface area contributed by atoms with Crippen LogP contribution < -0.4 is 4.72 Å². The van der Waals surface area contributed by atoms with E-state index in [0.29, 0.717) is 21.4 Å². The number of phenolic OH excluding ortho intramolecular Hbond substituents is 1. The summed E-state index contributed by atoms with van der Waals surface area (Å²) in [5, 5.41) is 12.0. The Balaban J connectivity index is 1.81. The van der Waals surface area contributed by atoms with E-state index in [1.807, 2.05) is 43.3 Å². The van der Waals surface area contributed by atoms with Gasteiger partial charge in [0.25, 0.3) is 10.0 Å². The number of phenols is 1. The molecule has 0 aliphatic carbocycles. The maximum atomic E-state index is 12.9. The highest BCUT2D eigenvalue weighted by Crippen LogP contribution is 2.43. The number of anilines is 1. The Labute approximate surface area is 174 Å². The Hall–Kier alpha value is -2.96. The van der Waals surface area contributed by atoms with Crippen LogP contribution in [0.15, 0.2) is 99.6 Å². The van der Waals surface area contributed by atoms with Crippen molar-refractivity contribution in [2.45, 2.75) is 21.6 Å². The van der Waals surface area contributed by atoms with Gasteiger partial charge in [-0.25, -0.2) is 8.42 Å². The van der Waals surface area contributed by atoms with Gasteiger partial charge in [0.1, 0.15) is 5.75 Å². The zero-order valence-electron chi connectivity index (χ0n) is 15.7. The van der Waals surface area contributed by atoms with Crippen molar-refractivity contribution in [3.63, 3.8) is 0 Å². The molecule has 4 rings (SSSR count). The SMILES string of the molecule is Cc1ccc(Sc2cc(NS(=O)(=O)c3ccccc3)c3ccccc3c2O)cc1. The maximum Gasteiger partial charge on any atom is 0.261 e. The molecular weight excluding hydrogens is 402 g/mol. The average Bonchev–Trinajstić information content (AvgIpc) is 2.73. The van der Waals surface area contributed by atoms with Crippen molar-refractivity contribution >= 4 is 38.2 Å². The standard InChI is InChI=1S/C23H19NO3S2/c1-16-11-13-17(14-12-16)28-22-15-21(19-9-5-6-10-20(19)23(22)25)24-29(26,27)18-7-3-2-4-8-18/h2-15,24-25H,1H3. The molecule has 0 amide bonds. The fourth-order valence-electron chi connectivity index (χ4n) is 3.03. The van der Waals surface area contributed by atoms with E-state index in [0.717, 1.165) is 10.5 Å². The molecule has 4 aromatic carbocycles. The van der Waals surface area contributed by atoms with Crippen LogP contribution in [0.5, 0.6) is 5.75 Å². The minimum Gasteiger partial charge on any atom is -0.506 e. The van der Waals surface area contributed by atoms with Crippen LogP contribution in [0.3, 0.4) is 0 Å². The molecule has 29 heavy (non-hydrogen) atoms. The highest BCUT2D eigenvalue weighted by molar-refractivity contribution is 7.99. The summed E-state index contributed by atoms with van der Waals surface area (Å²) in [6.45, 7) is 2.01.